The number of carbonyl (C=O) groups is 2. The maximum atomic E-state index is 13.0. The van der Waals surface area contributed by atoms with Crippen molar-refractivity contribution in [1.82, 2.24) is 10.2 Å². The third-order valence-electron chi connectivity index (χ3n) is 6.28. The summed E-state index contributed by atoms with van der Waals surface area (Å²) in [6.07, 6.45) is 7.96. The number of carbonyl (C=O) groups excluding carboxylic acids is 2. The van der Waals surface area contributed by atoms with Crippen molar-refractivity contribution in [2.45, 2.75) is 64.3 Å². The van der Waals surface area contributed by atoms with Crippen LogP contribution in [0.1, 0.15) is 69.9 Å². The number of rotatable bonds is 5. The molecule has 0 bridgehead atoms. The van der Waals surface area contributed by atoms with E-state index >= 15 is 0 Å². The maximum absolute atomic E-state index is 13.0. The van der Waals surface area contributed by atoms with Crippen LogP contribution in [-0.4, -0.2) is 36.6 Å². The number of nitrogens with zero attached hydrogens (tertiary/aromatic N) is 1. The Morgan fingerprint density at radius 1 is 1.07 bits per heavy atom. The molecule has 1 aromatic rings. The second-order valence-corrected chi connectivity index (χ2v) is 8.70. The molecule has 1 N–H and O–H groups in total. The zero-order chi connectivity index (χ0) is 20.6. The fraction of sp³-hybridized carbons (Fsp3) is 0.652. The number of likely N-dealkylation sites (tertiary alicyclic amines) is 1. The van der Waals surface area contributed by atoms with E-state index in [4.69, 9.17) is 16.3 Å². The minimum absolute atomic E-state index is 0.0272. The van der Waals surface area contributed by atoms with Crippen LogP contribution in [0.2, 0.25) is 5.02 Å². The second kappa shape index (κ2) is 10.9. The van der Waals surface area contributed by atoms with Gasteiger partial charge in [0.15, 0.2) is 0 Å². The van der Waals surface area contributed by atoms with Gasteiger partial charge in [-0.2, -0.15) is 0 Å². The highest BCUT2D eigenvalue weighted by atomic mass is 35.5. The summed E-state index contributed by atoms with van der Waals surface area (Å²) in [5.41, 5.74) is 1.15. The summed E-state index contributed by atoms with van der Waals surface area (Å²) >= 11 is 6.04. The molecular formula is C23H33ClN2O3. The molecule has 160 valence electrons. The van der Waals surface area contributed by atoms with Gasteiger partial charge in [0, 0.05) is 18.1 Å². The fourth-order valence-electron chi connectivity index (χ4n) is 4.58. The van der Waals surface area contributed by atoms with Gasteiger partial charge in [-0.05, 0) is 69.1 Å². The number of hydrogen-bond acceptors (Lipinski definition) is 3. The van der Waals surface area contributed by atoms with E-state index in [2.05, 4.69) is 5.32 Å². The first-order valence-corrected chi connectivity index (χ1v) is 11.4. The van der Waals surface area contributed by atoms with Gasteiger partial charge in [0.2, 0.25) is 0 Å². The lowest BCUT2D eigenvalue weighted by Crippen LogP contribution is -2.44. The molecule has 0 radical (unpaired) electrons. The van der Waals surface area contributed by atoms with E-state index in [-0.39, 0.29) is 24.0 Å². The Labute approximate surface area is 179 Å². The van der Waals surface area contributed by atoms with Crippen molar-refractivity contribution in [3.63, 3.8) is 0 Å². The number of benzene rings is 1. The third-order valence-corrected chi connectivity index (χ3v) is 6.53. The highest BCUT2D eigenvalue weighted by Gasteiger charge is 2.29. The normalized spacial score (nSPS) is 25.2. The van der Waals surface area contributed by atoms with Crippen LogP contribution in [0.15, 0.2) is 24.3 Å². The number of halogens is 1. The summed E-state index contributed by atoms with van der Waals surface area (Å²) in [5.74, 6) is 0.401. The Morgan fingerprint density at radius 3 is 2.48 bits per heavy atom. The van der Waals surface area contributed by atoms with Crippen molar-refractivity contribution >= 4 is 23.6 Å². The van der Waals surface area contributed by atoms with Gasteiger partial charge in [-0.3, -0.25) is 4.79 Å². The number of amides is 2. The van der Waals surface area contributed by atoms with Crippen LogP contribution in [0, 0.1) is 11.8 Å². The smallest absolute Gasteiger partial charge is 0.317 e. The van der Waals surface area contributed by atoms with Crippen molar-refractivity contribution in [3.8, 4) is 0 Å². The Bertz CT molecular complexity index is 671. The molecule has 1 saturated heterocycles. The Kier molecular flexibility index (Phi) is 8.22. The molecule has 2 amide bonds. The zero-order valence-electron chi connectivity index (χ0n) is 17.4. The molecule has 1 saturated carbocycles. The van der Waals surface area contributed by atoms with Gasteiger partial charge in [-0.15, -0.1) is 0 Å². The van der Waals surface area contributed by atoms with E-state index < -0.39 is 0 Å². The molecule has 0 unspecified atom stereocenters. The van der Waals surface area contributed by atoms with Gasteiger partial charge in [0.1, 0.15) is 0 Å². The standard InChI is InChI=1S/C23H33ClN2O3/c1-2-29-22(27)19-9-7-17(8-10-19)16-25-23(28)26-15-5-3-4-6-21(26)18-11-13-20(24)14-12-18/h11-14,17,19,21H,2-10,15-16H2,1H3,(H,25,28)/t17?,19?,21-/m0/s1. The topological polar surface area (TPSA) is 58.6 Å². The molecule has 1 heterocycles. The lowest BCUT2D eigenvalue weighted by molar-refractivity contribution is -0.149. The van der Waals surface area contributed by atoms with E-state index in [9.17, 15) is 9.59 Å². The highest BCUT2D eigenvalue weighted by molar-refractivity contribution is 6.30. The first-order chi connectivity index (χ1) is 14.1. The first kappa shape index (κ1) is 21.9. The van der Waals surface area contributed by atoms with Crippen LogP contribution in [0.25, 0.3) is 0 Å². The predicted octanol–water partition coefficient (Wildman–Crippen LogP) is 5.34. The van der Waals surface area contributed by atoms with Gasteiger partial charge in [0.05, 0.1) is 18.6 Å². The van der Waals surface area contributed by atoms with Crippen LogP contribution in [0.3, 0.4) is 0 Å². The summed E-state index contributed by atoms with van der Waals surface area (Å²) in [7, 11) is 0. The fourth-order valence-corrected chi connectivity index (χ4v) is 4.70. The number of esters is 1. The van der Waals surface area contributed by atoms with Gasteiger partial charge in [-0.25, -0.2) is 4.79 Å². The maximum Gasteiger partial charge on any atom is 0.317 e. The van der Waals surface area contributed by atoms with Crippen molar-refractivity contribution in [2.75, 3.05) is 19.7 Å². The summed E-state index contributed by atoms with van der Waals surface area (Å²) in [6, 6.07) is 8.01. The molecule has 3 rings (SSSR count). The van der Waals surface area contributed by atoms with E-state index in [0.717, 1.165) is 68.5 Å². The number of nitrogens with one attached hydrogen (secondary N) is 1. The van der Waals surface area contributed by atoms with Crippen LogP contribution in [0.4, 0.5) is 4.79 Å². The number of hydrogen-bond donors (Lipinski definition) is 1. The van der Waals surface area contributed by atoms with Gasteiger partial charge in [0.25, 0.3) is 0 Å². The second-order valence-electron chi connectivity index (χ2n) is 8.27. The Hall–Kier alpha value is -1.75. The van der Waals surface area contributed by atoms with Gasteiger partial charge in [-0.1, -0.05) is 36.6 Å². The third kappa shape index (κ3) is 6.11. The van der Waals surface area contributed by atoms with Crippen molar-refractivity contribution in [3.05, 3.63) is 34.9 Å². The Balaban J connectivity index is 1.53. The van der Waals surface area contributed by atoms with Gasteiger partial charge < -0.3 is 15.0 Å². The van der Waals surface area contributed by atoms with E-state index in [1.807, 2.05) is 36.1 Å². The minimum atomic E-state index is -0.0645. The average Bonchev–Trinajstić information content (AvgIpc) is 2.99. The molecule has 2 fully saturated rings. The van der Waals surface area contributed by atoms with Crippen LogP contribution in [-0.2, 0) is 9.53 Å². The molecular weight excluding hydrogens is 388 g/mol. The minimum Gasteiger partial charge on any atom is -0.466 e. The largest absolute Gasteiger partial charge is 0.466 e. The van der Waals surface area contributed by atoms with Crippen molar-refractivity contribution in [1.29, 1.82) is 0 Å². The molecule has 1 aromatic carbocycles. The van der Waals surface area contributed by atoms with Crippen molar-refractivity contribution < 1.29 is 14.3 Å². The molecule has 1 atom stereocenters. The van der Waals surface area contributed by atoms with Crippen LogP contribution >= 0.6 is 11.6 Å². The molecule has 29 heavy (non-hydrogen) atoms. The van der Waals surface area contributed by atoms with E-state index in [1.165, 1.54) is 0 Å². The quantitative estimate of drug-likeness (QED) is 0.654. The molecule has 5 nitrogen and oxygen atoms in total. The molecule has 0 aromatic heterocycles. The monoisotopic (exact) mass is 420 g/mol. The summed E-state index contributed by atoms with van der Waals surface area (Å²) in [6.45, 7) is 3.76. The van der Waals surface area contributed by atoms with Crippen LogP contribution in [0.5, 0.6) is 0 Å². The number of ether oxygens (including phenoxy) is 1. The van der Waals surface area contributed by atoms with E-state index in [0.29, 0.717) is 19.1 Å². The molecule has 2 aliphatic rings. The SMILES string of the molecule is CCOC(=O)C1CCC(CNC(=O)N2CCCCC[C@H]2c2ccc(Cl)cc2)CC1. The highest BCUT2D eigenvalue weighted by Crippen LogP contribution is 2.32. The average molecular weight is 421 g/mol. The Morgan fingerprint density at radius 2 is 1.79 bits per heavy atom. The molecule has 0 spiro atoms. The molecule has 6 heteroatoms. The van der Waals surface area contributed by atoms with Crippen molar-refractivity contribution in [2.24, 2.45) is 11.8 Å². The predicted molar refractivity (Wildman–Crippen MR) is 115 cm³/mol. The lowest BCUT2D eigenvalue weighted by Gasteiger charge is -2.32. The van der Waals surface area contributed by atoms with Crippen LogP contribution < -0.4 is 5.32 Å². The van der Waals surface area contributed by atoms with Gasteiger partial charge >= 0.3 is 12.0 Å². The summed E-state index contributed by atoms with van der Waals surface area (Å²) in [5, 5.41) is 3.89. The first-order valence-electron chi connectivity index (χ1n) is 11.0. The lowest BCUT2D eigenvalue weighted by atomic mass is 9.82. The number of urea groups is 1. The molecule has 1 aliphatic heterocycles. The van der Waals surface area contributed by atoms with E-state index in [1.54, 1.807) is 0 Å². The summed E-state index contributed by atoms with van der Waals surface area (Å²) in [4.78, 5) is 26.9. The molecule has 1 aliphatic carbocycles. The summed E-state index contributed by atoms with van der Waals surface area (Å²) < 4.78 is 5.14. The zero-order valence-corrected chi connectivity index (χ0v) is 18.1.